The van der Waals surface area contributed by atoms with Crippen LogP contribution in [-0.2, 0) is 9.53 Å². The van der Waals surface area contributed by atoms with E-state index in [4.69, 9.17) is 4.74 Å². The lowest BCUT2D eigenvalue weighted by Gasteiger charge is -2.16. The molecule has 1 unspecified atom stereocenters. The van der Waals surface area contributed by atoms with Crippen LogP contribution in [0.15, 0.2) is 37.0 Å². The van der Waals surface area contributed by atoms with Gasteiger partial charge in [0.05, 0.1) is 0 Å². The fraction of sp³-hybridized carbons (Fsp3) is 0.611. The summed E-state index contributed by atoms with van der Waals surface area (Å²) in [4.78, 5) is 11.1. The quantitative estimate of drug-likeness (QED) is 0.273. The van der Waals surface area contributed by atoms with Gasteiger partial charge in [-0.25, -0.2) is 0 Å². The highest BCUT2D eigenvalue weighted by Gasteiger charge is 2.10. The third-order valence-corrected chi connectivity index (χ3v) is 3.10. The molecule has 20 heavy (non-hydrogen) atoms. The van der Waals surface area contributed by atoms with Crippen molar-refractivity contribution >= 4 is 5.97 Å². The minimum atomic E-state index is -0.157. The highest BCUT2D eigenvalue weighted by molar-refractivity contribution is 5.66. The Morgan fingerprint density at radius 1 is 1.10 bits per heavy atom. The molecule has 0 fully saturated rings. The molecule has 2 nitrogen and oxygen atoms in total. The van der Waals surface area contributed by atoms with Gasteiger partial charge < -0.3 is 4.74 Å². The van der Waals surface area contributed by atoms with Gasteiger partial charge in [-0.3, -0.25) is 4.79 Å². The van der Waals surface area contributed by atoms with E-state index >= 15 is 0 Å². The molecule has 0 aliphatic rings. The average Bonchev–Trinajstić information content (AvgIpc) is 2.41. The largest absolute Gasteiger partial charge is 0.463 e. The van der Waals surface area contributed by atoms with Crippen molar-refractivity contribution in [3.63, 3.8) is 0 Å². The summed E-state index contributed by atoms with van der Waals surface area (Å²) >= 11 is 0. The van der Waals surface area contributed by atoms with E-state index in [9.17, 15) is 4.79 Å². The van der Waals surface area contributed by atoms with Crippen LogP contribution in [0.1, 0.15) is 65.2 Å². The summed E-state index contributed by atoms with van der Waals surface area (Å²) in [6.45, 7) is 7.32. The van der Waals surface area contributed by atoms with Gasteiger partial charge in [-0.2, -0.15) is 0 Å². The summed E-state index contributed by atoms with van der Waals surface area (Å²) < 4.78 is 5.39. The first-order chi connectivity index (χ1) is 9.70. The molecule has 0 saturated heterocycles. The lowest BCUT2D eigenvalue weighted by atomic mass is 10.0. The third kappa shape index (κ3) is 13.1. The number of rotatable bonds is 12. The Morgan fingerprint density at radius 3 is 2.50 bits per heavy atom. The van der Waals surface area contributed by atoms with E-state index in [2.05, 4.69) is 19.6 Å². The fourth-order valence-corrected chi connectivity index (χ4v) is 2.08. The van der Waals surface area contributed by atoms with E-state index in [0.29, 0.717) is 0 Å². The first-order valence-electron chi connectivity index (χ1n) is 7.82. The Bertz CT molecular complexity index is 303. The van der Waals surface area contributed by atoms with Crippen LogP contribution in [0.25, 0.3) is 0 Å². The minimum Gasteiger partial charge on any atom is -0.463 e. The van der Waals surface area contributed by atoms with Crippen LogP contribution in [-0.4, -0.2) is 12.1 Å². The van der Waals surface area contributed by atoms with E-state index in [1.807, 2.05) is 18.2 Å². The van der Waals surface area contributed by atoms with Crippen molar-refractivity contribution in [1.29, 1.82) is 0 Å². The van der Waals surface area contributed by atoms with Crippen LogP contribution in [0.2, 0.25) is 0 Å². The monoisotopic (exact) mass is 278 g/mol. The van der Waals surface area contributed by atoms with Crippen molar-refractivity contribution in [3.8, 4) is 0 Å². The van der Waals surface area contributed by atoms with E-state index in [-0.39, 0.29) is 12.1 Å². The Balaban J connectivity index is 3.85. The smallest absolute Gasteiger partial charge is 0.302 e. The summed E-state index contributed by atoms with van der Waals surface area (Å²) in [5.41, 5.74) is 0. The molecule has 0 amide bonds. The standard InChI is InChI=1S/C18H30O2/c1-4-6-8-10-11-12-14-16-18(20-17(3)19)15-13-9-7-5-2/h4,6,8,10-11,18H,1,5,7,9,12-16H2,2-3H3. The molecule has 114 valence electrons. The van der Waals surface area contributed by atoms with Crippen LogP contribution in [0.5, 0.6) is 0 Å². The Morgan fingerprint density at radius 2 is 1.85 bits per heavy atom. The van der Waals surface area contributed by atoms with Gasteiger partial charge in [0.1, 0.15) is 6.10 Å². The molecule has 0 aromatic rings. The van der Waals surface area contributed by atoms with E-state index in [1.165, 1.54) is 26.2 Å². The fourth-order valence-electron chi connectivity index (χ4n) is 2.08. The third-order valence-electron chi connectivity index (χ3n) is 3.10. The molecule has 0 rings (SSSR count). The molecule has 0 N–H and O–H groups in total. The second-order valence-corrected chi connectivity index (χ2v) is 5.06. The van der Waals surface area contributed by atoms with Gasteiger partial charge in [0.25, 0.3) is 0 Å². The maximum atomic E-state index is 11.1. The van der Waals surface area contributed by atoms with E-state index < -0.39 is 0 Å². The van der Waals surface area contributed by atoms with E-state index in [1.54, 1.807) is 6.08 Å². The predicted octanol–water partition coefficient (Wildman–Crippen LogP) is 5.36. The van der Waals surface area contributed by atoms with Gasteiger partial charge in [-0.15, -0.1) is 0 Å². The number of carbonyl (C=O) groups excluding carboxylic acids is 1. The number of unbranched alkanes of at least 4 members (excludes halogenated alkanes) is 4. The molecule has 0 spiro atoms. The lowest BCUT2D eigenvalue weighted by molar-refractivity contribution is -0.147. The van der Waals surface area contributed by atoms with Gasteiger partial charge in [0, 0.05) is 6.92 Å². The predicted molar refractivity (Wildman–Crippen MR) is 86.6 cm³/mol. The highest BCUT2D eigenvalue weighted by atomic mass is 16.5. The number of ether oxygens (including phenoxy) is 1. The zero-order chi connectivity index (χ0) is 15.1. The van der Waals surface area contributed by atoms with Crippen molar-refractivity contribution in [1.82, 2.24) is 0 Å². The Labute approximate surface area is 124 Å². The SMILES string of the molecule is C=CC=CC=CCCCC(CCCCCC)OC(C)=O. The van der Waals surface area contributed by atoms with Gasteiger partial charge in [0.15, 0.2) is 0 Å². The van der Waals surface area contributed by atoms with Gasteiger partial charge in [0.2, 0.25) is 0 Å². The van der Waals surface area contributed by atoms with E-state index in [0.717, 1.165) is 32.1 Å². The number of esters is 1. The summed E-state index contributed by atoms with van der Waals surface area (Å²) in [5.74, 6) is -0.157. The molecule has 0 radical (unpaired) electrons. The highest BCUT2D eigenvalue weighted by Crippen LogP contribution is 2.14. The zero-order valence-corrected chi connectivity index (χ0v) is 13.1. The molecular weight excluding hydrogens is 248 g/mol. The van der Waals surface area contributed by atoms with Gasteiger partial charge in [-0.05, 0) is 32.1 Å². The van der Waals surface area contributed by atoms with Crippen molar-refractivity contribution < 1.29 is 9.53 Å². The lowest BCUT2D eigenvalue weighted by Crippen LogP contribution is -2.16. The van der Waals surface area contributed by atoms with Crippen molar-refractivity contribution in [2.75, 3.05) is 0 Å². The second kappa shape index (κ2) is 14.1. The molecular formula is C18H30O2. The molecule has 0 bridgehead atoms. The zero-order valence-electron chi connectivity index (χ0n) is 13.1. The molecule has 1 atom stereocenters. The normalized spacial score (nSPS) is 12.9. The summed E-state index contributed by atoms with van der Waals surface area (Å²) in [6.07, 6.45) is 18.9. The second-order valence-electron chi connectivity index (χ2n) is 5.06. The summed E-state index contributed by atoms with van der Waals surface area (Å²) in [6, 6.07) is 0. The molecule has 0 aromatic carbocycles. The first kappa shape index (κ1) is 18.7. The molecule has 0 aliphatic carbocycles. The average molecular weight is 278 g/mol. The van der Waals surface area contributed by atoms with Gasteiger partial charge >= 0.3 is 5.97 Å². The van der Waals surface area contributed by atoms with Crippen LogP contribution in [0.3, 0.4) is 0 Å². The first-order valence-corrected chi connectivity index (χ1v) is 7.82. The molecule has 0 heterocycles. The van der Waals surface area contributed by atoms with Crippen LogP contribution in [0.4, 0.5) is 0 Å². The molecule has 2 heteroatoms. The maximum absolute atomic E-state index is 11.1. The molecule has 0 aliphatic heterocycles. The maximum Gasteiger partial charge on any atom is 0.302 e. The van der Waals surface area contributed by atoms with Crippen LogP contribution in [0, 0.1) is 0 Å². The van der Waals surface area contributed by atoms with Crippen molar-refractivity contribution in [2.24, 2.45) is 0 Å². The van der Waals surface area contributed by atoms with Crippen molar-refractivity contribution in [3.05, 3.63) is 37.0 Å². The topological polar surface area (TPSA) is 26.3 Å². The molecule has 0 saturated carbocycles. The number of carbonyl (C=O) groups is 1. The molecule has 0 aromatic heterocycles. The number of allylic oxidation sites excluding steroid dienone is 5. The number of hydrogen-bond acceptors (Lipinski definition) is 2. The minimum absolute atomic E-state index is 0.0986. The Hall–Kier alpha value is -1.31. The van der Waals surface area contributed by atoms with Crippen LogP contribution >= 0.6 is 0 Å². The number of hydrogen-bond donors (Lipinski definition) is 0. The van der Waals surface area contributed by atoms with Crippen LogP contribution < -0.4 is 0 Å². The Kier molecular flexibility index (Phi) is 13.2. The summed E-state index contributed by atoms with van der Waals surface area (Å²) in [5, 5.41) is 0. The van der Waals surface area contributed by atoms with Gasteiger partial charge in [-0.1, -0.05) is 63.1 Å². The summed E-state index contributed by atoms with van der Waals surface area (Å²) in [7, 11) is 0. The van der Waals surface area contributed by atoms with Crippen molar-refractivity contribution in [2.45, 2.75) is 71.3 Å².